The summed E-state index contributed by atoms with van der Waals surface area (Å²) >= 11 is 1.65. The summed E-state index contributed by atoms with van der Waals surface area (Å²) in [5.41, 5.74) is 6.93. The molecule has 0 aromatic carbocycles. The first-order valence-corrected chi connectivity index (χ1v) is 6.08. The largest absolute Gasteiger partial charge is 0.412 e. The lowest BCUT2D eigenvalue weighted by molar-refractivity contribution is 0.460. The van der Waals surface area contributed by atoms with Gasteiger partial charge in [0.15, 0.2) is 5.13 Å². The van der Waals surface area contributed by atoms with Gasteiger partial charge in [-0.2, -0.15) is 0 Å². The molecule has 0 radical (unpaired) electrons. The average Bonchev–Trinajstić information content (AvgIpc) is 2.54. The van der Waals surface area contributed by atoms with Crippen molar-refractivity contribution in [2.24, 2.45) is 0 Å². The van der Waals surface area contributed by atoms with Crippen LogP contribution in [0.3, 0.4) is 0 Å². The molecular weight excluding hydrogens is 297 g/mol. The number of nitrogens with two attached hydrogens (primary N) is 1. The molecule has 0 saturated heterocycles. The molecule has 2 rings (SSSR count). The molecule has 5 nitrogen and oxygen atoms in total. The highest BCUT2D eigenvalue weighted by atomic mass is 35.5. The molecule has 1 aromatic heterocycles. The second kappa shape index (κ2) is 10.8. The fourth-order valence-corrected chi connectivity index (χ4v) is 2.88. The van der Waals surface area contributed by atoms with Crippen LogP contribution in [-0.4, -0.2) is 28.5 Å². The van der Waals surface area contributed by atoms with Gasteiger partial charge >= 0.3 is 0 Å². The molecule has 1 atom stereocenters. The molecule has 0 unspecified atom stereocenters. The highest BCUT2D eigenvalue weighted by Crippen LogP contribution is 2.27. The maximum atomic E-state index is 5.69. The predicted octanol–water partition coefficient (Wildman–Crippen LogP) is 0.776. The van der Waals surface area contributed by atoms with Crippen LogP contribution < -0.4 is 11.1 Å². The molecule has 0 saturated carbocycles. The van der Waals surface area contributed by atoms with Crippen molar-refractivity contribution in [1.29, 1.82) is 0 Å². The first kappa shape index (κ1) is 23.0. The summed E-state index contributed by atoms with van der Waals surface area (Å²) in [6, 6.07) is 0.641. The van der Waals surface area contributed by atoms with Gasteiger partial charge in [0.2, 0.25) is 0 Å². The van der Waals surface area contributed by atoms with Gasteiger partial charge in [0.05, 0.1) is 5.69 Å². The molecule has 1 aliphatic carbocycles. The number of thiazole rings is 1. The average molecular weight is 320 g/mol. The zero-order valence-corrected chi connectivity index (χ0v) is 12.8. The Morgan fingerprint density at radius 3 is 2.67 bits per heavy atom. The van der Waals surface area contributed by atoms with Gasteiger partial charge in [0, 0.05) is 10.9 Å². The van der Waals surface area contributed by atoms with Crippen LogP contribution in [0.1, 0.15) is 30.3 Å². The Hall–Kier alpha value is -0.110. The summed E-state index contributed by atoms with van der Waals surface area (Å²) in [7, 11) is 0. The summed E-state index contributed by atoms with van der Waals surface area (Å²) < 4.78 is 0. The number of anilines is 1. The van der Waals surface area contributed by atoms with Gasteiger partial charge in [0.25, 0.3) is 0 Å². The maximum Gasteiger partial charge on any atom is 0.180 e. The number of nitrogens with zero attached hydrogens (tertiary/aromatic N) is 1. The molecule has 7 N–H and O–H groups in total. The van der Waals surface area contributed by atoms with Crippen molar-refractivity contribution in [2.45, 2.75) is 38.6 Å². The molecule has 1 aliphatic rings. The first-order chi connectivity index (χ1) is 6.79. The van der Waals surface area contributed by atoms with Crippen molar-refractivity contribution in [2.75, 3.05) is 12.3 Å². The van der Waals surface area contributed by atoms with Crippen molar-refractivity contribution < 1.29 is 11.0 Å². The third-order valence-electron chi connectivity index (χ3n) is 2.64. The van der Waals surface area contributed by atoms with E-state index in [2.05, 4.69) is 17.2 Å². The molecular formula is C10H23Cl2N3O2S. The number of nitrogens with one attached hydrogen (secondary N) is 1. The Kier molecular flexibility index (Phi) is 13.8. The van der Waals surface area contributed by atoms with Gasteiger partial charge in [-0.1, -0.05) is 6.92 Å². The summed E-state index contributed by atoms with van der Waals surface area (Å²) in [6.07, 6.45) is 4.61. The second-order valence-electron chi connectivity index (χ2n) is 3.82. The van der Waals surface area contributed by atoms with Crippen LogP contribution in [-0.2, 0) is 12.8 Å². The highest BCUT2D eigenvalue weighted by Gasteiger charge is 2.21. The van der Waals surface area contributed by atoms with Gasteiger partial charge in [-0.3, -0.25) is 0 Å². The van der Waals surface area contributed by atoms with Crippen LogP contribution in [0.5, 0.6) is 0 Å². The minimum atomic E-state index is 0. The smallest absolute Gasteiger partial charge is 0.180 e. The number of halogens is 2. The Morgan fingerprint density at radius 2 is 2.06 bits per heavy atom. The van der Waals surface area contributed by atoms with E-state index < -0.39 is 0 Å². The zero-order chi connectivity index (χ0) is 9.97. The molecule has 0 bridgehead atoms. The summed E-state index contributed by atoms with van der Waals surface area (Å²) in [5.74, 6) is 0. The molecule has 0 spiro atoms. The van der Waals surface area contributed by atoms with Crippen LogP contribution in [0.15, 0.2) is 0 Å². The van der Waals surface area contributed by atoms with E-state index in [4.69, 9.17) is 5.73 Å². The summed E-state index contributed by atoms with van der Waals surface area (Å²) in [4.78, 5) is 5.73. The lowest BCUT2D eigenvalue weighted by Crippen LogP contribution is -2.34. The number of rotatable bonds is 3. The van der Waals surface area contributed by atoms with Crippen LogP contribution in [0, 0.1) is 0 Å². The minimum Gasteiger partial charge on any atom is -0.412 e. The molecule has 0 aliphatic heterocycles. The first-order valence-electron chi connectivity index (χ1n) is 5.27. The number of hydrogen-bond donors (Lipinski definition) is 2. The van der Waals surface area contributed by atoms with E-state index >= 15 is 0 Å². The van der Waals surface area contributed by atoms with Crippen molar-refractivity contribution in [3.8, 4) is 0 Å². The van der Waals surface area contributed by atoms with E-state index in [9.17, 15) is 0 Å². The summed E-state index contributed by atoms with van der Waals surface area (Å²) in [6.45, 7) is 3.32. The fraction of sp³-hybridized carbons (Fsp3) is 0.700. The van der Waals surface area contributed by atoms with Crippen LogP contribution in [0.25, 0.3) is 0 Å². The van der Waals surface area contributed by atoms with Gasteiger partial charge in [0.1, 0.15) is 0 Å². The molecule has 1 heterocycles. The Bertz CT molecular complexity index is 326. The number of aryl methyl sites for hydroxylation is 1. The van der Waals surface area contributed by atoms with E-state index in [1.807, 2.05) is 0 Å². The monoisotopic (exact) mass is 319 g/mol. The van der Waals surface area contributed by atoms with E-state index in [1.165, 1.54) is 23.4 Å². The van der Waals surface area contributed by atoms with Crippen LogP contribution >= 0.6 is 36.2 Å². The molecule has 8 heteroatoms. The predicted molar refractivity (Wildman–Crippen MR) is 82.4 cm³/mol. The molecule has 0 amide bonds. The standard InChI is InChI=1S/C10H17N3S.2ClH.2H2O/c1-2-5-12-7-3-4-8-9(6-7)14-10(11)13-8;;;;/h7,12H,2-6H2,1H3,(H2,11,13);2*1H;2*1H2/t7-;;;;/m1..../s1. The molecule has 18 heavy (non-hydrogen) atoms. The second-order valence-corrected chi connectivity index (χ2v) is 4.93. The van der Waals surface area contributed by atoms with Gasteiger partial charge in [-0.15, -0.1) is 36.2 Å². The maximum absolute atomic E-state index is 5.69. The Balaban J connectivity index is -0.000000562. The van der Waals surface area contributed by atoms with E-state index in [0.717, 1.165) is 24.5 Å². The topological polar surface area (TPSA) is 114 Å². The number of fused-ring (bicyclic) bond motifs is 1. The van der Waals surface area contributed by atoms with Crippen molar-refractivity contribution in [3.05, 3.63) is 10.6 Å². The Morgan fingerprint density at radius 1 is 1.39 bits per heavy atom. The fourth-order valence-electron chi connectivity index (χ4n) is 1.92. The zero-order valence-electron chi connectivity index (χ0n) is 10.4. The normalized spacial score (nSPS) is 16.2. The van der Waals surface area contributed by atoms with Crippen molar-refractivity contribution in [1.82, 2.24) is 10.3 Å². The third kappa shape index (κ3) is 5.69. The minimum absolute atomic E-state index is 0. The number of hydrogen-bond acceptors (Lipinski definition) is 4. The van der Waals surface area contributed by atoms with Crippen molar-refractivity contribution in [3.63, 3.8) is 0 Å². The van der Waals surface area contributed by atoms with Gasteiger partial charge < -0.3 is 22.0 Å². The number of aromatic nitrogens is 1. The van der Waals surface area contributed by atoms with E-state index in [-0.39, 0.29) is 35.8 Å². The molecule has 1 aromatic rings. The van der Waals surface area contributed by atoms with Gasteiger partial charge in [-0.25, -0.2) is 4.98 Å². The van der Waals surface area contributed by atoms with Crippen LogP contribution in [0.4, 0.5) is 5.13 Å². The quantitative estimate of drug-likeness (QED) is 0.857. The lowest BCUT2D eigenvalue weighted by Gasteiger charge is -2.21. The summed E-state index contributed by atoms with van der Waals surface area (Å²) in [5, 5.41) is 4.29. The van der Waals surface area contributed by atoms with Gasteiger partial charge in [-0.05, 0) is 32.2 Å². The van der Waals surface area contributed by atoms with E-state index in [0.29, 0.717) is 6.04 Å². The Labute approximate surface area is 124 Å². The highest BCUT2D eigenvalue weighted by molar-refractivity contribution is 7.15. The molecule has 110 valence electrons. The molecule has 0 fully saturated rings. The SMILES string of the molecule is CCCN[C@@H]1CCc2nc(N)sc2C1.Cl.Cl.O.O. The number of nitrogen functional groups attached to an aromatic ring is 1. The van der Waals surface area contributed by atoms with E-state index in [1.54, 1.807) is 11.3 Å². The lowest BCUT2D eigenvalue weighted by atomic mass is 9.98. The van der Waals surface area contributed by atoms with Crippen molar-refractivity contribution >= 4 is 41.3 Å². The van der Waals surface area contributed by atoms with Crippen LogP contribution in [0.2, 0.25) is 0 Å². The third-order valence-corrected chi connectivity index (χ3v) is 3.59.